The van der Waals surface area contributed by atoms with E-state index in [-0.39, 0.29) is 45.0 Å². The van der Waals surface area contributed by atoms with Gasteiger partial charge in [0.2, 0.25) is 0 Å². The number of aromatic nitrogens is 2. The van der Waals surface area contributed by atoms with Crippen LogP contribution in [0.4, 0.5) is 0 Å². The van der Waals surface area contributed by atoms with Crippen molar-refractivity contribution in [1.29, 1.82) is 0 Å². The maximum atomic E-state index is 8.64. The van der Waals surface area contributed by atoms with Gasteiger partial charge in [0.25, 0.3) is 0 Å². The average molecular weight is 486 g/mol. The molecule has 3 nitrogen and oxygen atoms in total. The Morgan fingerprint density at radius 2 is 1.61 bits per heavy atom. The van der Waals surface area contributed by atoms with E-state index in [0.717, 1.165) is 5.56 Å². The first-order chi connectivity index (χ1) is 21.5. The Labute approximate surface area is 229 Å². The van der Waals surface area contributed by atoms with Crippen LogP contribution in [-0.4, -0.2) is 9.97 Å². The lowest BCUT2D eigenvalue weighted by molar-refractivity contribution is 0.362. The number of benzene rings is 3. The fourth-order valence-corrected chi connectivity index (χ4v) is 4.21. The molecule has 36 heavy (non-hydrogen) atoms. The molecule has 0 amide bonds. The van der Waals surface area contributed by atoms with E-state index in [1.807, 2.05) is 0 Å². The minimum Gasteiger partial charge on any atom is -0.440 e. The summed E-state index contributed by atoms with van der Waals surface area (Å²) >= 11 is 0. The lowest BCUT2D eigenvalue weighted by atomic mass is 9.91. The van der Waals surface area contributed by atoms with Crippen molar-refractivity contribution in [2.75, 3.05) is 0 Å². The summed E-state index contributed by atoms with van der Waals surface area (Å²) in [5, 5.41) is 0. The van der Waals surface area contributed by atoms with E-state index in [1.54, 1.807) is 70.2 Å². The number of aryl methyl sites for hydroxylation is 4. The molecule has 0 spiro atoms. The van der Waals surface area contributed by atoms with Crippen LogP contribution in [0, 0.1) is 32.9 Å². The molecule has 2 aromatic heterocycles. The van der Waals surface area contributed by atoms with Gasteiger partial charge in [0, 0.05) is 33.2 Å². The van der Waals surface area contributed by atoms with Gasteiger partial charge in [-0.3, -0.25) is 4.98 Å². The van der Waals surface area contributed by atoms with Crippen molar-refractivity contribution in [3.05, 3.63) is 95.0 Å². The Kier molecular flexibility index (Phi) is 3.55. The van der Waals surface area contributed by atoms with Crippen molar-refractivity contribution in [2.24, 2.45) is 5.41 Å². The largest absolute Gasteiger partial charge is 0.440 e. The van der Waals surface area contributed by atoms with Crippen LogP contribution >= 0.6 is 0 Å². The molecule has 0 fully saturated rings. The minimum atomic E-state index is -2.70. The SMILES string of the molecule is [2H]C([2H])([2H])c1cc(C)ccc1-c1ccc(-c2cc(-c3cccc4nc(C([2H])([2H])C(C)(C)C)oc34)ncc2C([2H])([2H])[2H])c(C([2H])([2H])[2H])c1. The molecule has 0 saturated carbocycles. The van der Waals surface area contributed by atoms with Crippen LogP contribution in [0.15, 0.2) is 71.3 Å². The van der Waals surface area contributed by atoms with Crippen molar-refractivity contribution in [3.8, 4) is 33.5 Å². The van der Waals surface area contributed by atoms with Gasteiger partial charge in [-0.25, -0.2) is 4.98 Å². The Hall–Kier alpha value is -3.72. The fraction of sp³-hybridized carbons (Fsp3) is 0.273. The predicted molar refractivity (Wildman–Crippen MR) is 150 cm³/mol. The van der Waals surface area contributed by atoms with Crippen molar-refractivity contribution in [1.82, 2.24) is 9.97 Å². The zero-order chi connectivity index (χ0) is 34.9. The van der Waals surface area contributed by atoms with Crippen LogP contribution in [-0.2, 0) is 6.37 Å². The lowest BCUT2D eigenvalue weighted by Crippen LogP contribution is -2.09. The van der Waals surface area contributed by atoms with E-state index in [0.29, 0.717) is 22.2 Å². The van der Waals surface area contributed by atoms with E-state index in [1.165, 1.54) is 24.4 Å². The molecule has 0 aliphatic heterocycles. The molecule has 0 unspecified atom stereocenters. The van der Waals surface area contributed by atoms with Gasteiger partial charge in [0.15, 0.2) is 11.5 Å². The van der Waals surface area contributed by atoms with Crippen molar-refractivity contribution >= 4 is 11.1 Å². The molecule has 0 aliphatic carbocycles. The Morgan fingerprint density at radius 1 is 0.833 bits per heavy atom. The number of fused-ring (bicyclic) bond motifs is 1. The Morgan fingerprint density at radius 3 is 2.39 bits per heavy atom. The zero-order valence-electron chi connectivity index (χ0n) is 31.7. The van der Waals surface area contributed by atoms with Crippen LogP contribution < -0.4 is 0 Å². The number of hydrogen-bond donors (Lipinski definition) is 0. The van der Waals surface area contributed by atoms with Gasteiger partial charge in [-0.05, 0) is 90.0 Å². The number of oxazole rings is 1. The highest BCUT2D eigenvalue weighted by Crippen LogP contribution is 2.36. The van der Waals surface area contributed by atoms with Gasteiger partial charge < -0.3 is 4.42 Å². The van der Waals surface area contributed by atoms with Crippen LogP contribution in [0.3, 0.4) is 0 Å². The van der Waals surface area contributed by atoms with E-state index in [4.69, 9.17) is 19.5 Å². The predicted octanol–water partition coefficient (Wildman–Crippen LogP) is 9.05. The monoisotopic (exact) mass is 485 g/mol. The molecule has 0 N–H and O–H groups in total. The van der Waals surface area contributed by atoms with E-state index in [2.05, 4.69) is 9.97 Å². The van der Waals surface area contributed by atoms with Gasteiger partial charge in [0.1, 0.15) is 5.52 Å². The van der Waals surface area contributed by atoms with Gasteiger partial charge >= 0.3 is 0 Å². The molecule has 0 aliphatic rings. The highest BCUT2D eigenvalue weighted by Gasteiger charge is 2.19. The molecule has 2 heterocycles. The standard InChI is InChI=1S/C33H34N2O/c1-20-11-13-25(21(2)15-20)24-12-14-26(22(3)16-24)28-17-30(34-19-23(28)4)27-9-8-10-29-32(27)36-31(35-29)18-33(5,6)7/h8-17,19H,18H2,1-7H3/i2D3,3D3,4D3,18D2. The first kappa shape index (κ1) is 14.1. The Bertz CT molecular complexity index is 1980. The second-order valence-corrected chi connectivity index (χ2v) is 9.97. The molecular weight excluding hydrogens is 440 g/mol. The first-order valence-electron chi connectivity index (χ1n) is 17.2. The van der Waals surface area contributed by atoms with Gasteiger partial charge in [0.05, 0.1) is 5.69 Å². The molecule has 0 saturated heterocycles. The number of pyridine rings is 1. The maximum absolute atomic E-state index is 8.64. The molecular formula is C33H34N2O. The zero-order valence-corrected chi connectivity index (χ0v) is 20.7. The molecule has 3 aromatic carbocycles. The van der Waals surface area contributed by atoms with Crippen molar-refractivity contribution in [3.63, 3.8) is 0 Å². The molecule has 5 aromatic rings. The topological polar surface area (TPSA) is 38.9 Å². The van der Waals surface area contributed by atoms with Gasteiger partial charge in [-0.1, -0.05) is 68.8 Å². The normalized spacial score (nSPS) is 17.8. The molecule has 0 bridgehead atoms. The summed E-state index contributed by atoms with van der Waals surface area (Å²) in [4.78, 5) is 8.85. The fourth-order valence-electron chi connectivity index (χ4n) is 4.21. The molecule has 5 rings (SSSR count). The van der Waals surface area contributed by atoms with Gasteiger partial charge in [-0.2, -0.15) is 0 Å². The summed E-state index contributed by atoms with van der Waals surface area (Å²) in [6.07, 6.45) is -0.730. The third-order valence-corrected chi connectivity index (χ3v) is 5.87. The van der Waals surface area contributed by atoms with E-state index < -0.39 is 32.3 Å². The summed E-state index contributed by atoms with van der Waals surface area (Å²) in [6.45, 7) is -0.839. The summed E-state index contributed by atoms with van der Waals surface area (Å²) < 4.78 is 97.4. The smallest absolute Gasteiger partial charge is 0.196 e. The second kappa shape index (κ2) is 9.05. The second-order valence-electron chi connectivity index (χ2n) is 9.97. The molecule has 0 radical (unpaired) electrons. The maximum Gasteiger partial charge on any atom is 0.196 e. The van der Waals surface area contributed by atoms with Crippen LogP contribution in [0.25, 0.3) is 44.6 Å². The summed E-state index contributed by atoms with van der Waals surface area (Å²) in [6, 6.07) is 16.0. The lowest BCUT2D eigenvalue weighted by Gasteiger charge is -2.14. The Balaban J connectivity index is 1.75. The van der Waals surface area contributed by atoms with Gasteiger partial charge in [-0.15, -0.1) is 0 Å². The van der Waals surface area contributed by atoms with Crippen LogP contribution in [0.1, 0.15) is 64.0 Å². The average Bonchev–Trinajstić information content (AvgIpc) is 3.40. The summed E-state index contributed by atoms with van der Waals surface area (Å²) in [5.41, 5.74) is 1.90. The number of hydrogen-bond acceptors (Lipinski definition) is 3. The third-order valence-electron chi connectivity index (χ3n) is 5.87. The number of nitrogens with zero attached hydrogens (tertiary/aromatic N) is 2. The van der Waals surface area contributed by atoms with Crippen molar-refractivity contribution in [2.45, 2.75) is 54.6 Å². The molecule has 182 valence electrons. The number of para-hydroxylation sites is 1. The first-order valence-corrected chi connectivity index (χ1v) is 11.7. The third kappa shape index (κ3) is 4.70. The molecule has 3 heteroatoms. The summed E-state index contributed by atoms with van der Waals surface area (Å²) in [5.74, 6) is -0.111. The van der Waals surface area contributed by atoms with Crippen LogP contribution in [0.2, 0.25) is 0 Å². The van der Waals surface area contributed by atoms with Crippen LogP contribution in [0.5, 0.6) is 0 Å². The molecule has 0 atom stereocenters. The van der Waals surface area contributed by atoms with Crippen molar-refractivity contribution < 1.29 is 19.5 Å². The highest BCUT2D eigenvalue weighted by atomic mass is 16.3. The highest BCUT2D eigenvalue weighted by molar-refractivity contribution is 5.90. The minimum absolute atomic E-state index is 0.0754. The number of rotatable bonds is 4. The van der Waals surface area contributed by atoms with E-state index >= 15 is 0 Å². The summed E-state index contributed by atoms with van der Waals surface area (Å²) in [7, 11) is 0. The van der Waals surface area contributed by atoms with E-state index in [9.17, 15) is 0 Å². The quantitative estimate of drug-likeness (QED) is 0.255.